The van der Waals surface area contributed by atoms with E-state index in [4.69, 9.17) is 0 Å². The number of amides is 1. The van der Waals surface area contributed by atoms with Crippen LogP contribution in [-0.4, -0.2) is 12.5 Å². The highest BCUT2D eigenvalue weighted by atomic mass is 19.1. The van der Waals surface area contributed by atoms with Gasteiger partial charge >= 0.3 is 0 Å². The first-order chi connectivity index (χ1) is 11.1. The van der Waals surface area contributed by atoms with Crippen LogP contribution >= 0.6 is 0 Å². The molecule has 2 aromatic carbocycles. The van der Waals surface area contributed by atoms with Gasteiger partial charge in [-0.3, -0.25) is 4.79 Å². The van der Waals surface area contributed by atoms with Gasteiger partial charge in [0, 0.05) is 29.4 Å². The monoisotopic (exact) mass is 316 g/mol. The Morgan fingerprint density at radius 2 is 2.09 bits per heavy atom. The summed E-state index contributed by atoms with van der Waals surface area (Å²) >= 11 is 0. The van der Waals surface area contributed by atoms with Crippen molar-refractivity contribution in [2.45, 2.75) is 25.8 Å². The molecule has 0 bridgehead atoms. The molecule has 0 radical (unpaired) electrons. The molecule has 1 heterocycles. The maximum atomic E-state index is 13.8. The van der Waals surface area contributed by atoms with Crippen LogP contribution in [0.25, 0.3) is 0 Å². The fourth-order valence-corrected chi connectivity index (χ4v) is 2.93. The third-order valence-corrected chi connectivity index (χ3v) is 4.12. The minimum absolute atomic E-state index is 0.248. The van der Waals surface area contributed by atoms with Crippen molar-refractivity contribution in [3.8, 4) is 0 Å². The van der Waals surface area contributed by atoms with E-state index >= 15 is 0 Å². The second kappa shape index (κ2) is 6.36. The van der Waals surface area contributed by atoms with Crippen molar-refractivity contribution in [2.24, 2.45) is 0 Å². The van der Waals surface area contributed by atoms with Gasteiger partial charge in [0.2, 0.25) is 0 Å². The molecule has 1 amide bonds. The Morgan fingerprint density at radius 3 is 2.87 bits per heavy atom. The molecule has 0 saturated heterocycles. The lowest BCUT2D eigenvalue weighted by atomic mass is 9.96. The smallest absolute Gasteiger partial charge is 0.252 e. The molecular weight excluding hydrogens is 298 g/mol. The van der Waals surface area contributed by atoms with Gasteiger partial charge in [-0.1, -0.05) is 12.1 Å². The van der Waals surface area contributed by atoms with Crippen LogP contribution in [0.15, 0.2) is 36.4 Å². The van der Waals surface area contributed by atoms with Crippen LogP contribution in [0, 0.1) is 11.6 Å². The Kier molecular flexibility index (Phi) is 4.28. The molecule has 1 unspecified atom stereocenters. The van der Waals surface area contributed by atoms with Crippen molar-refractivity contribution in [1.29, 1.82) is 0 Å². The van der Waals surface area contributed by atoms with E-state index in [1.54, 1.807) is 13.0 Å². The number of hydrogen-bond donors (Lipinski definition) is 2. The standard InChI is InChI=1S/C18H18F2N2O/c1-11(13-8-7-12(19)10-16(13)20)22-18(23)15-4-2-6-17-14(15)5-3-9-21-17/h2,4,6-8,10-11,21H,3,5,9H2,1H3,(H,22,23). The number of carbonyl (C=O) groups is 1. The van der Waals surface area contributed by atoms with Crippen LogP contribution in [-0.2, 0) is 6.42 Å². The van der Waals surface area contributed by atoms with Gasteiger partial charge in [-0.2, -0.15) is 0 Å². The van der Waals surface area contributed by atoms with Gasteiger partial charge in [-0.25, -0.2) is 8.78 Å². The van der Waals surface area contributed by atoms with Gasteiger partial charge in [0.15, 0.2) is 0 Å². The van der Waals surface area contributed by atoms with Crippen molar-refractivity contribution in [3.63, 3.8) is 0 Å². The lowest BCUT2D eigenvalue weighted by Gasteiger charge is -2.22. The Morgan fingerprint density at radius 1 is 1.26 bits per heavy atom. The van der Waals surface area contributed by atoms with Crippen molar-refractivity contribution in [3.05, 3.63) is 64.7 Å². The molecule has 1 atom stereocenters. The van der Waals surface area contributed by atoms with E-state index in [2.05, 4.69) is 10.6 Å². The summed E-state index contributed by atoms with van der Waals surface area (Å²) in [6.07, 6.45) is 1.81. The molecule has 23 heavy (non-hydrogen) atoms. The number of hydrogen-bond acceptors (Lipinski definition) is 2. The van der Waals surface area contributed by atoms with Crippen LogP contribution in [0.3, 0.4) is 0 Å². The maximum absolute atomic E-state index is 13.8. The summed E-state index contributed by atoms with van der Waals surface area (Å²) in [7, 11) is 0. The highest BCUT2D eigenvalue weighted by Gasteiger charge is 2.20. The SMILES string of the molecule is CC(NC(=O)c1cccc2c1CCCN2)c1ccc(F)cc1F. The van der Waals surface area contributed by atoms with E-state index in [0.717, 1.165) is 36.7 Å². The fraction of sp³-hybridized carbons (Fsp3) is 0.278. The summed E-state index contributed by atoms with van der Waals surface area (Å²) in [6, 6.07) is 8.38. The highest BCUT2D eigenvalue weighted by molar-refractivity contribution is 5.97. The first kappa shape index (κ1) is 15.5. The molecular formula is C18H18F2N2O. The Hall–Kier alpha value is -2.43. The van der Waals surface area contributed by atoms with Gasteiger partial charge < -0.3 is 10.6 Å². The summed E-state index contributed by atoms with van der Waals surface area (Å²) in [5.41, 5.74) is 2.83. The molecule has 2 N–H and O–H groups in total. The number of carbonyl (C=O) groups excluding carboxylic acids is 1. The highest BCUT2D eigenvalue weighted by Crippen LogP contribution is 2.26. The van der Waals surface area contributed by atoms with Gasteiger partial charge in [0.25, 0.3) is 5.91 Å². The minimum Gasteiger partial charge on any atom is -0.385 e. The lowest BCUT2D eigenvalue weighted by molar-refractivity contribution is 0.0938. The predicted molar refractivity (Wildman–Crippen MR) is 85.5 cm³/mol. The molecule has 5 heteroatoms. The summed E-state index contributed by atoms with van der Waals surface area (Å²) in [4.78, 5) is 12.5. The second-order valence-electron chi connectivity index (χ2n) is 5.72. The zero-order valence-electron chi connectivity index (χ0n) is 12.8. The van der Waals surface area contributed by atoms with Crippen LogP contribution in [0.1, 0.15) is 40.9 Å². The van der Waals surface area contributed by atoms with E-state index in [1.807, 2.05) is 12.1 Å². The van der Waals surface area contributed by atoms with Gasteiger partial charge in [0.1, 0.15) is 11.6 Å². The Bertz CT molecular complexity index is 746. The minimum atomic E-state index is -0.658. The van der Waals surface area contributed by atoms with Crippen LogP contribution < -0.4 is 10.6 Å². The number of benzene rings is 2. The number of nitrogens with one attached hydrogen (secondary N) is 2. The summed E-state index contributed by atoms with van der Waals surface area (Å²) in [6.45, 7) is 2.58. The fourth-order valence-electron chi connectivity index (χ4n) is 2.93. The van der Waals surface area contributed by atoms with Crippen molar-refractivity contribution in [1.82, 2.24) is 5.32 Å². The predicted octanol–water partition coefficient (Wildman–Crippen LogP) is 3.81. The molecule has 2 aromatic rings. The van der Waals surface area contributed by atoms with Crippen molar-refractivity contribution < 1.29 is 13.6 Å². The normalized spacial score (nSPS) is 14.6. The zero-order valence-corrected chi connectivity index (χ0v) is 12.8. The third kappa shape index (κ3) is 3.18. The molecule has 120 valence electrons. The average Bonchev–Trinajstić information content (AvgIpc) is 2.54. The van der Waals surface area contributed by atoms with Gasteiger partial charge in [-0.15, -0.1) is 0 Å². The second-order valence-corrected chi connectivity index (χ2v) is 5.72. The summed E-state index contributed by atoms with van der Waals surface area (Å²) in [5, 5.41) is 6.07. The molecule has 3 nitrogen and oxygen atoms in total. The van der Waals surface area contributed by atoms with E-state index in [0.29, 0.717) is 5.56 Å². The third-order valence-electron chi connectivity index (χ3n) is 4.12. The van der Waals surface area contributed by atoms with Gasteiger partial charge in [0.05, 0.1) is 6.04 Å². The molecule has 0 fully saturated rings. The number of anilines is 1. The Labute approximate surface area is 133 Å². The van der Waals surface area contributed by atoms with E-state index in [1.165, 1.54) is 12.1 Å². The van der Waals surface area contributed by atoms with Crippen molar-refractivity contribution >= 4 is 11.6 Å². The Balaban J connectivity index is 1.82. The first-order valence-electron chi connectivity index (χ1n) is 7.68. The summed E-state index contributed by atoms with van der Waals surface area (Å²) in [5.74, 6) is -1.54. The van der Waals surface area contributed by atoms with E-state index in [9.17, 15) is 13.6 Å². The molecule has 1 aliphatic heterocycles. The molecule has 0 aliphatic carbocycles. The zero-order chi connectivity index (χ0) is 16.4. The molecule has 3 rings (SSSR count). The van der Waals surface area contributed by atoms with Crippen molar-refractivity contribution in [2.75, 3.05) is 11.9 Å². The average molecular weight is 316 g/mol. The maximum Gasteiger partial charge on any atom is 0.252 e. The number of halogens is 2. The van der Waals surface area contributed by atoms with Crippen LogP contribution in [0.2, 0.25) is 0 Å². The van der Waals surface area contributed by atoms with Crippen LogP contribution in [0.5, 0.6) is 0 Å². The van der Waals surface area contributed by atoms with E-state index < -0.39 is 17.7 Å². The quantitative estimate of drug-likeness (QED) is 0.904. The summed E-state index contributed by atoms with van der Waals surface area (Å²) < 4.78 is 26.8. The lowest BCUT2D eigenvalue weighted by Crippen LogP contribution is -2.29. The number of fused-ring (bicyclic) bond motifs is 1. The molecule has 0 spiro atoms. The molecule has 0 saturated carbocycles. The first-order valence-corrected chi connectivity index (χ1v) is 7.68. The van der Waals surface area contributed by atoms with Crippen LogP contribution in [0.4, 0.5) is 14.5 Å². The molecule has 0 aromatic heterocycles. The van der Waals surface area contributed by atoms with E-state index in [-0.39, 0.29) is 11.5 Å². The number of rotatable bonds is 3. The van der Waals surface area contributed by atoms with Gasteiger partial charge in [-0.05, 0) is 43.5 Å². The molecule has 1 aliphatic rings. The largest absolute Gasteiger partial charge is 0.385 e. The topological polar surface area (TPSA) is 41.1 Å².